The zero-order valence-corrected chi connectivity index (χ0v) is 10.3. The Bertz CT molecular complexity index is 491. The standard InChI is InChI=1S/C12H14N2O5/c1-18-11-7(3-2-4-13-11)10(15)14-9-6-19-5-8(9)12(16)17/h2-4,8-9H,5-6H2,1H3,(H,14,15)(H,16,17). The molecule has 2 rings (SSSR count). The first kappa shape index (κ1) is 13.3. The van der Waals surface area contributed by atoms with E-state index < -0.39 is 23.8 Å². The van der Waals surface area contributed by atoms with Gasteiger partial charge < -0.3 is 19.9 Å². The predicted octanol–water partition coefficient (Wildman–Crippen LogP) is -0.0804. The molecule has 1 aliphatic rings. The van der Waals surface area contributed by atoms with Crippen molar-refractivity contribution in [2.75, 3.05) is 20.3 Å². The number of carbonyl (C=O) groups is 2. The third-order valence-electron chi connectivity index (χ3n) is 2.92. The summed E-state index contributed by atoms with van der Waals surface area (Å²) >= 11 is 0. The molecule has 7 nitrogen and oxygen atoms in total. The fourth-order valence-corrected chi connectivity index (χ4v) is 1.91. The van der Waals surface area contributed by atoms with Gasteiger partial charge in [-0.2, -0.15) is 0 Å². The van der Waals surface area contributed by atoms with Crippen LogP contribution in [-0.2, 0) is 9.53 Å². The molecule has 2 heterocycles. The van der Waals surface area contributed by atoms with Gasteiger partial charge >= 0.3 is 5.97 Å². The smallest absolute Gasteiger partial charge is 0.311 e. The van der Waals surface area contributed by atoms with E-state index in [0.29, 0.717) is 0 Å². The number of carbonyl (C=O) groups excluding carboxylic acids is 1. The average molecular weight is 266 g/mol. The van der Waals surface area contributed by atoms with Crippen molar-refractivity contribution in [1.82, 2.24) is 10.3 Å². The molecule has 0 bridgehead atoms. The van der Waals surface area contributed by atoms with Crippen LogP contribution in [0.25, 0.3) is 0 Å². The van der Waals surface area contributed by atoms with E-state index in [2.05, 4.69) is 10.3 Å². The van der Waals surface area contributed by atoms with E-state index in [1.165, 1.54) is 13.3 Å². The highest BCUT2D eigenvalue weighted by Gasteiger charge is 2.35. The summed E-state index contributed by atoms with van der Waals surface area (Å²) in [6, 6.07) is 2.62. The molecule has 0 spiro atoms. The van der Waals surface area contributed by atoms with Crippen LogP contribution in [0.15, 0.2) is 18.3 Å². The molecule has 2 unspecified atom stereocenters. The molecule has 1 aromatic rings. The van der Waals surface area contributed by atoms with E-state index in [1.54, 1.807) is 12.1 Å². The van der Waals surface area contributed by atoms with Crippen LogP contribution in [0.3, 0.4) is 0 Å². The SMILES string of the molecule is COc1ncccc1C(=O)NC1COCC1C(=O)O. The number of carboxylic acid groups (broad SMARTS) is 1. The lowest BCUT2D eigenvalue weighted by Crippen LogP contribution is -2.42. The van der Waals surface area contributed by atoms with E-state index in [-0.39, 0.29) is 24.7 Å². The topological polar surface area (TPSA) is 97.8 Å². The molecular weight excluding hydrogens is 252 g/mol. The molecule has 0 aromatic carbocycles. The lowest BCUT2D eigenvalue weighted by molar-refractivity contribution is -0.142. The van der Waals surface area contributed by atoms with E-state index in [9.17, 15) is 9.59 Å². The molecule has 0 saturated carbocycles. The molecular formula is C12H14N2O5. The summed E-state index contributed by atoms with van der Waals surface area (Å²) in [4.78, 5) is 27.0. The Morgan fingerprint density at radius 2 is 2.32 bits per heavy atom. The zero-order valence-electron chi connectivity index (χ0n) is 10.3. The second-order valence-electron chi connectivity index (χ2n) is 4.12. The highest BCUT2D eigenvalue weighted by Crippen LogP contribution is 2.17. The van der Waals surface area contributed by atoms with Gasteiger partial charge in [0, 0.05) is 6.20 Å². The summed E-state index contributed by atoms with van der Waals surface area (Å²) in [5.41, 5.74) is 0.265. The molecule has 19 heavy (non-hydrogen) atoms. The molecule has 102 valence electrons. The van der Waals surface area contributed by atoms with Gasteiger partial charge in [-0.3, -0.25) is 9.59 Å². The van der Waals surface area contributed by atoms with Gasteiger partial charge in [-0.15, -0.1) is 0 Å². The number of rotatable bonds is 4. The van der Waals surface area contributed by atoms with Gasteiger partial charge in [0.05, 0.1) is 26.4 Å². The fraction of sp³-hybridized carbons (Fsp3) is 0.417. The van der Waals surface area contributed by atoms with Crippen molar-refractivity contribution in [2.45, 2.75) is 6.04 Å². The van der Waals surface area contributed by atoms with Gasteiger partial charge in [-0.1, -0.05) is 0 Å². The third-order valence-corrected chi connectivity index (χ3v) is 2.92. The number of ether oxygens (including phenoxy) is 2. The summed E-state index contributed by atoms with van der Waals surface area (Å²) in [6.45, 7) is 0.287. The number of nitrogens with zero attached hydrogens (tertiary/aromatic N) is 1. The summed E-state index contributed by atoms with van der Waals surface area (Å²) in [5.74, 6) is -1.94. The van der Waals surface area contributed by atoms with Crippen molar-refractivity contribution in [3.05, 3.63) is 23.9 Å². The van der Waals surface area contributed by atoms with Crippen molar-refractivity contribution in [3.8, 4) is 5.88 Å². The van der Waals surface area contributed by atoms with Crippen molar-refractivity contribution >= 4 is 11.9 Å². The molecule has 1 fully saturated rings. The van der Waals surface area contributed by atoms with Crippen molar-refractivity contribution in [1.29, 1.82) is 0 Å². The van der Waals surface area contributed by atoms with Crippen LogP contribution in [0.4, 0.5) is 0 Å². The fourth-order valence-electron chi connectivity index (χ4n) is 1.91. The first-order valence-corrected chi connectivity index (χ1v) is 5.74. The molecule has 7 heteroatoms. The van der Waals surface area contributed by atoms with Crippen molar-refractivity contribution < 1.29 is 24.2 Å². The largest absolute Gasteiger partial charge is 0.481 e. The summed E-state index contributed by atoms with van der Waals surface area (Å²) < 4.78 is 10.1. The minimum absolute atomic E-state index is 0.102. The average Bonchev–Trinajstić information content (AvgIpc) is 2.87. The van der Waals surface area contributed by atoms with Gasteiger partial charge in [-0.05, 0) is 12.1 Å². The minimum atomic E-state index is -0.985. The normalized spacial score (nSPS) is 21.9. The molecule has 0 radical (unpaired) electrons. The maximum atomic E-state index is 12.1. The predicted molar refractivity (Wildman–Crippen MR) is 64.0 cm³/mol. The lowest BCUT2D eigenvalue weighted by Gasteiger charge is -2.16. The van der Waals surface area contributed by atoms with E-state index in [4.69, 9.17) is 14.6 Å². The zero-order chi connectivity index (χ0) is 13.8. The highest BCUT2D eigenvalue weighted by atomic mass is 16.5. The monoisotopic (exact) mass is 266 g/mol. The molecule has 0 aliphatic carbocycles. The van der Waals surface area contributed by atoms with Crippen LogP contribution in [0.1, 0.15) is 10.4 Å². The first-order valence-electron chi connectivity index (χ1n) is 5.74. The molecule has 1 saturated heterocycles. The number of aliphatic carboxylic acids is 1. The summed E-state index contributed by atoms with van der Waals surface area (Å²) in [5, 5.41) is 11.6. The van der Waals surface area contributed by atoms with Crippen LogP contribution >= 0.6 is 0 Å². The second kappa shape index (κ2) is 5.66. The Morgan fingerprint density at radius 1 is 1.53 bits per heavy atom. The Balaban J connectivity index is 2.10. The quantitative estimate of drug-likeness (QED) is 0.791. The van der Waals surface area contributed by atoms with Crippen molar-refractivity contribution in [3.63, 3.8) is 0 Å². The number of aromatic nitrogens is 1. The molecule has 1 aliphatic heterocycles. The maximum absolute atomic E-state index is 12.1. The Morgan fingerprint density at radius 3 is 3.00 bits per heavy atom. The highest BCUT2D eigenvalue weighted by molar-refractivity contribution is 5.96. The van der Waals surface area contributed by atoms with Gasteiger partial charge in [0.15, 0.2) is 0 Å². The number of nitrogens with one attached hydrogen (secondary N) is 1. The third kappa shape index (κ3) is 2.82. The number of pyridine rings is 1. The molecule has 2 atom stereocenters. The van der Waals surface area contributed by atoms with E-state index in [1.807, 2.05) is 0 Å². The maximum Gasteiger partial charge on any atom is 0.311 e. The van der Waals surface area contributed by atoms with Gasteiger partial charge in [0.25, 0.3) is 5.91 Å². The minimum Gasteiger partial charge on any atom is -0.481 e. The van der Waals surface area contributed by atoms with Crippen LogP contribution in [0.2, 0.25) is 0 Å². The second-order valence-corrected chi connectivity index (χ2v) is 4.12. The van der Waals surface area contributed by atoms with Gasteiger partial charge in [-0.25, -0.2) is 4.98 Å². The molecule has 1 amide bonds. The molecule has 1 aromatic heterocycles. The number of carboxylic acids is 1. The lowest BCUT2D eigenvalue weighted by atomic mass is 10.0. The number of methoxy groups -OCH3 is 1. The van der Waals surface area contributed by atoms with Crippen LogP contribution in [0, 0.1) is 5.92 Å². The first-order chi connectivity index (χ1) is 9.13. The summed E-state index contributed by atoms with van der Waals surface area (Å²) in [7, 11) is 1.41. The van der Waals surface area contributed by atoms with E-state index >= 15 is 0 Å². The van der Waals surface area contributed by atoms with Crippen LogP contribution in [-0.4, -0.2) is 48.3 Å². The van der Waals surface area contributed by atoms with Gasteiger partial charge in [0.2, 0.25) is 5.88 Å². The van der Waals surface area contributed by atoms with Crippen LogP contribution < -0.4 is 10.1 Å². The summed E-state index contributed by atoms with van der Waals surface area (Å²) in [6.07, 6.45) is 1.51. The molecule has 2 N–H and O–H groups in total. The van der Waals surface area contributed by atoms with E-state index in [0.717, 1.165) is 0 Å². The van der Waals surface area contributed by atoms with Crippen LogP contribution in [0.5, 0.6) is 5.88 Å². The number of amides is 1. The number of hydrogen-bond donors (Lipinski definition) is 2. The Kier molecular flexibility index (Phi) is 3.96. The van der Waals surface area contributed by atoms with Gasteiger partial charge in [0.1, 0.15) is 11.5 Å². The Labute approximate surface area is 109 Å². The number of hydrogen-bond acceptors (Lipinski definition) is 5. The Hall–Kier alpha value is -2.15. The van der Waals surface area contributed by atoms with Crippen molar-refractivity contribution in [2.24, 2.45) is 5.92 Å².